The van der Waals surface area contributed by atoms with E-state index in [1.54, 1.807) is 0 Å². The topological polar surface area (TPSA) is 52.2 Å². The molecule has 0 bridgehead atoms. The van der Waals surface area contributed by atoms with Crippen molar-refractivity contribution in [3.63, 3.8) is 0 Å². The van der Waals surface area contributed by atoms with E-state index in [-0.39, 0.29) is 11.8 Å². The molecule has 3 heteroatoms. The first-order valence-electron chi connectivity index (χ1n) is 6.47. The van der Waals surface area contributed by atoms with Crippen LogP contribution in [0.25, 0.3) is 0 Å². The first kappa shape index (κ1) is 11.3. The van der Waals surface area contributed by atoms with Gasteiger partial charge in [0, 0.05) is 11.6 Å². The zero-order valence-electron chi connectivity index (χ0n) is 10.3. The second-order valence-corrected chi connectivity index (χ2v) is 5.07. The van der Waals surface area contributed by atoms with Gasteiger partial charge in [-0.05, 0) is 36.0 Å². The number of carboxylic acid groups (broad SMARTS) is 1. The molecule has 1 aromatic carbocycles. The molecule has 0 fully saturated rings. The van der Waals surface area contributed by atoms with E-state index in [4.69, 9.17) is 0 Å². The standard InChI is InChI=1S/C15H17NO2/c1-2-9-6-7-13-12(8-9)10-4-3-5-11(10)14(16-13)15(17)18/h3-4,6-8,10-11,14,16H,2,5H2,1H3,(H,17,18)/p-1/t10-,11+,14+/m0/s1. The number of aliphatic carboxylic acids is 1. The van der Waals surface area contributed by atoms with E-state index >= 15 is 0 Å². The van der Waals surface area contributed by atoms with Crippen LogP contribution in [0.5, 0.6) is 0 Å². The minimum Gasteiger partial charge on any atom is -0.548 e. The molecule has 1 N–H and O–H groups in total. The van der Waals surface area contributed by atoms with E-state index in [1.165, 1.54) is 11.1 Å². The number of benzene rings is 1. The van der Waals surface area contributed by atoms with Crippen LogP contribution in [0, 0.1) is 5.92 Å². The van der Waals surface area contributed by atoms with Crippen molar-refractivity contribution in [2.45, 2.75) is 31.7 Å². The lowest BCUT2D eigenvalue weighted by Crippen LogP contribution is -2.48. The van der Waals surface area contributed by atoms with Crippen LogP contribution >= 0.6 is 0 Å². The fourth-order valence-corrected chi connectivity index (χ4v) is 3.10. The zero-order chi connectivity index (χ0) is 12.7. The third kappa shape index (κ3) is 1.62. The molecule has 0 aromatic heterocycles. The highest BCUT2D eigenvalue weighted by Crippen LogP contribution is 2.44. The Hall–Kier alpha value is -1.77. The van der Waals surface area contributed by atoms with E-state index in [1.807, 2.05) is 6.07 Å². The first-order chi connectivity index (χ1) is 8.70. The van der Waals surface area contributed by atoms with Gasteiger partial charge in [0.1, 0.15) is 0 Å². The summed E-state index contributed by atoms with van der Waals surface area (Å²) in [5.74, 6) is -0.691. The van der Waals surface area contributed by atoms with E-state index in [0.29, 0.717) is 0 Å². The molecule has 0 amide bonds. The lowest BCUT2D eigenvalue weighted by atomic mass is 9.79. The molecule has 18 heavy (non-hydrogen) atoms. The monoisotopic (exact) mass is 242 g/mol. The molecule has 3 nitrogen and oxygen atoms in total. The summed E-state index contributed by atoms with van der Waals surface area (Å²) in [5.41, 5.74) is 3.46. The van der Waals surface area contributed by atoms with Crippen LogP contribution < -0.4 is 10.4 Å². The largest absolute Gasteiger partial charge is 0.548 e. The third-order valence-corrected chi connectivity index (χ3v) is 4.09. The van der Waals surface area contributed by atoms with Crippen molar-refractivity contribution in [3.05, 3.63) is 41.5 Å². The van der Waals surface area contributed by atoms with Crippen LogP contribution in [0.3, 0.4) is 0 Å². The third-order valence-electron chi connectivity index (χ3n) is 4.09. The van der Waals surface area contributed by atoms with Crippen LogP contribution in [0.15, 0.2) is 30.4 Å². The predicted octanol–water partition coefficient (Wildman–Crippen LogP) is 1.45. The number of hydrogen-bond donors (Lipinski definition) is 1. The molecule has 94 valence electrons. The number of rotatable bonds is 2. The lowest BCUT2D eigenvalue weighted by Gasteiger charge is -2.37. The number of anilines is 1. The zero-order valence-corrected chi connectivity index (χ0v) is 10.3. The van der Waals surface area contributed by atoms with Crippen molar-refractivity contribution in [1.82, 2.24) is 0 Å². The Morgan fingerprint density at radius 2 is 2.33 bits per heavy atom. The van der Waals surface area contributed by atoms with Crippen molar-refractivity contribution < 1.29 is 9.90 Å². The maximum atomic E-state index is 11.2. The Bertz CT molecular complexity index is 521. The molecule has 0 saturated heterocycles. The van der Waals surface area contributed by atoms with E-state index in [0.717, 1.165) is 18.5 Å². The van der Waals surface area contributed by atoms with Crippen LogP contribution in [0.4, 0.5) is 5.69 Å². The van der Waals surface area contributed by atoms with E-state index in [9.17, 15) is 9.90 Å². The molecule has 0 spiro atoms. The van der Waals surface area contributed by atoms with Gasteiger partial charge in [0.05, 0.1) is 12.0 Å². The Kier molecular flexibility index (Phi) is 2.62. The normalized spacial score (nSPS) is 28.4. The number of carboxylic acids is 1. The van der Waals surface area contributed by atoms with Crippen molar-refractivity contribution in [2.75, 3.05) is 5.32 Å². The molecule has 1 aliphatic heterocycles. The molecule has 1 aliphatic carbocycles. The van der Waals surface area contributed by atoms with Gasteiger partial charge >= 0.3 is 0 Å². The summed E-state index contributed by atoms with van der Waals surface area (Å²) in [6.45, 7) is 2.13. The van der Waals surface area contributed by atoms with Crippen LogP contribution in [0.2, 0.25) is 0 Å². The molecular formula is C15H16NO2-. The van der Waals surface area contributed by atoms with Crippen molar-refractivity contribution in [1.29, 1.82) is 0 Å². The van der Waals surface area contributed by atoms with Crippen molar-refractivity contribution >= 4 is 11.7 Å². The minimum absolute atomic E-state index is 0.0922. The van der Waals surface area contributed by atoms with Crippen molar-refractivity contribution in [2.24, 2.45) is 5.92 Å². The van der Waals surface area contributed by atoms with Gasteiger partial charge < -0.3 is 15.2 Å². The van der Waals surface area contributed by atoms with Gasteiger partial charge in [-0.1, -0.05) is 31.2 Å². The molecule has 0 radical (unpaired) electrons. The number of hydrogen-bond acceptors (Lipinski definition) is 3. The fourth-order valence-electron chi connectivity index (χ4n) is 3.10. The van der Waals surface area contributed by atoms with E-state index < -0.39 is 12.0 Å². The highest BCUT2D eigenvalue weighted by atomic mass is 16.4. The number of nitrogens with one attached hydrogen (secondary N) is 1. The van der Waals surface area contributed by atoms with Crippen molar-refractivity contribution in [3.8, 4) is 0 Å². The van der Waals surface area contributed by atoms with Gasteiger partial charge in [-0.25, -0.2) is 0 Å². The average Bonchev–Trinajstić information content (AvgIpc) is 2.86. The molecule has 0 saturated carbocycles. The number of carbonyl (C=O) groups excluding carboxylic acids is 1. The Morgan fingerprint density at radius 1 is 1.50 bits per heavy atom. The van der Waals surface area contributed by atoms with E-state index in [2.05, 4.69) is 36.5 Å². The summed E-state index contributed by atoms with van der Waals surface area (Å²) in [6.07, 6.45) is 6.03. The number of aryl methyl sites for hydroxylation is 1. The van der Waals surface area contributed by atoms with Crippen LogP contribution in [0.1, 0.15) is 30.4 Å². The first-order valence-corrected chi connectivity index (χ1v) is 6.47. The quantitative estimate of drug-likeness (QED) is 0.799. The number of fused-ring (bicyclic) bond motifs is 3. The predicted molar refractivity (Wildman–Crippen MR) is 68.2 cm³/mol. The summed E-state index contributed by atoms with van der Waals surface area (Å²) in [4.78, 5) is 11.2. The highest BCUT2D eigenvalue weighted by Gasteiger charge is 2.37. The summed E-state index contributed by atoms with van der Waals surface area (Å²) < 4.78 is 0. The summed E-state index contributed by atoms with van der Waals surface area (Å²) in [7, 11) is 0. The van der Waals surface area contributed by atoms with Gasteiger partial charge in [0.25, 0.3) is 0 Å². The molecule has 1 aromatic rings. The molecule has 2 aliphatic rings. The second-order valence-electron chi connectivity index (χ2n) is 5.07. The smallest absolute Gasteiger partial charge is 0.0698 e. The summed E-state index contributed by atoms with van der Waals surface area (Å²) >= 11 is 0. The minimum atomic E-state index is -1.00. The molecule has 0 unspecified atom stereocenters. The molecule has 3 atom stereocenters. The number of allylic oxidation sites excluding steroid dienone is 2. The lowest BCUT2D eigenvalue weighted by molar-refractivity contribution is -0.308. The maximum absolute atomic E-state index is 11.2. The number of carbonyl (C=O) groups is 1. The maximum Gasteiger partial charge on any atom is 0.0698 e. The average molecular weight is 242 g/mol. The molecule has 1 heterocycles. The highest BCUT2D eigenvalue weighted by molar-refractivity contribution is 5.79. The Labute approximate surface area is 107 Å². The van der Waals surface area contributed by atoms with Gasteiger partial charge in [0.2, 0.25) is 0 Å². The SMILES string of the molecule is CCc1ccc2c(c1)[C@H]1C=CC[C@H]1[C@H](C(=O)[O-])N2. The van der Waals surface area contributed by atoms with Gasteiger partial charge in [0.15, 0.2) is 0 Å². The second kappa shape index (κ2) is 4.16. The molecule has 3 rings (SSSR count). The fraction of sp³-hybridized carbons (Fsp3) is 0.400. The Morgan fingerprint density at radius 3 is 3.06 bits per heavy atom. The summed E-state index contributed by atoms with van der Waals surface area (Å²) in [6, 6.07) is 5.66. The van der Waals surface area contributed by atoms with Crippen LogP contribution in [-0.2, 0) is 11.2 Å². The molecular weight excluding hydrogens is 226 g/mol. The summed E-state index contributed by atoms with van der Waals surface area (Å²) in [5, 5.41) is 14.3. The Balaban J connectivity index is 2.06. The van der Waals surface area contributed by atoms with Gasteiger partial charge in [-0.15, -0.1) is 0 Å². The van der Waals surface area contributed by atoms with Crippen LogP contribution in [-0.4, -0.2) is 12.0 Å². The van der Waals surface area contributed by atoms with Gasteiger partial charge in [-0.2, -0.15) is 0 Å². The van der Waals surface area contributed by atoms with Gasteiger partial charge in [-0.3, -0.25) is 0 Å².